The van der Waals surface area contributed by atoms with Crippen LogP contribution in [-0.2, 0) is 12.7 Å². The Kier molecular flexibility index (Phi) is 6.26. The number of aryl methyl sites for hydroxylation is 1. The van der Waals surface area contributed by atoms with Crippen molar-refractivity contribution in [2.24, 2.45) is 0 Å². The highest BCUT2D eigenvalue weighted by molar-refractivity contribution is 5.91. The molecule has 172 valence electrons. The van der Waals surface area contributed by atoms with Gasteiger partial charge in [-0.05, 0) is 32.9 Å². The van der Waals surface area contributed by atoms with E-state index in [0.29, 0.717) is 34.0 Å². The Labute approximate surface area is 181 Å². The van der Waals surface area contributed by atoms with E-state index in [4.69, 9.17) is 15.2 Å². The Hall–Kier alpha value is -3.41. The minimum absolute atomic E-state index is 0.00474. The molecule has 0 amide bonds. The molecule has 0 radical (unpaired) electrons. The lowest BCUT2D eigenvalue weighted by molar-refractivity contribution is -0.141. The van der Waals surface area contributed by atoms with Crippen molar-refractivity contribution < 1.29 is 27.8 Å². The number of aromatic nitrogens is 4. The van der Waals surface area contributed by atoms with E-state index >= 15 is 0 Å². The van der Waals surface area contributed by atoms with Gasteiger partial charge in [0.05, 0.1) is 30.5 Å². The van der Waals surface area contributed by atoms with Crippen molar-refractivity contribution in [2.45, 2.75) is 39.1 Å². The number of hydrogen-bond acceptors (Lipinski definition) is 9. The summed E-state index contributed by atoms with van der Waals surface area (Å²) >= 11 is 0. The molecule has 0 aliphatic carbocycles. The maximum atomic E-state index is 13.0. The van der Waals surface area contributed by atoms with Gasteiger partial charge in [0.1, 0.15) is 23.9 Å². The number of benzene rings is 1. The molecule has 3 rings (SSSR count). The molecule has 2 heterocycles. The number of nitrogens with one attached hydrogen (secondary N) is 1. The molecule has 0 saturated heterocycles. The van der Waals surface area contributed by atoms with E-state index in [-0.39, 0.29) is 18.8 Å². The van der Waals surface area contributed by atoms with E-state index in [0.717, 1.165) is 6.07 Å². The van der Waals surface area contributed by atoms with Crippen LogP contribution in [0.25, 0.3) is 10.9 Å². The molecular weight excluding hydrogens is 429 g/mol. The van der Waals surface area contributed by atoms with Gasteiger partial charge in [-0.2, -0.15) is 13.2 Å². The molecule has 0 bridgehead atoms. The van der Waals surface area contributed by atoms with Crippen LogP contribution in [0.4, 0.5) is 24.9 Å². The van der Waals surface area contributed by atoms with Gasteiger partial charge in [0.15, 0.2) is 11.5 Å². The molecule has 0 saturated carbocycles. The lowest BCUT2D eigenvalue weighted by Gasteiger charge is -2.20. The molecule has 9 nitrogen and oxygen atoms in total. The second-order valence-corrected chi connectivity index (χ2v) is 7.69. The summed E-state index contributed by atoms with van der Waals surface area (Å²) in [4.78, 5) is 15.8. The Morgan fingerprint density at radius 1 is 1.06 bits per heavy atom. The van der Waals surface area contributed by atoms with Gasteiger partial charge in [-0.25, -0.2) is 19.9 Å². The third kappa shape index (κ3) is 5.63. The molecule has 32 heavy (non-hydrogen) atoms. The van der Waals surface area contributed by atoms with E-state index < -0.39 is 23.4 Å². The van der Waals surface area contributed by atoms with Crippen LogP contribution in [0.1, 0.15) is 31.1 Å². The Bertz CT molecular complexity index is 1130. The van der Waals surface area contributed by atoms with Crippen LogP contribution in [0, 0.1) is 6.92 Å². The third-order valence-electron chi connectivity index (χ3n) is 4.20. The van der Waals surface area contributed by atoms with Crippen molar-refractivity contribution in [1.82, 2.24) is 19.9 Å². The van der Waals surface area contributed by atoms with Gasteiger partial charge in [0.2, 0.25) is 5.95 Å². The fourth-order valence-electron chi connectivity index (χ4n) is 2.84. The first-order valence-electron chi connectivity index (χ1n) is 9.52. The highest BCUT2D eigenvalue weighted by Crippen LogP contribution is 2.35. The normalized spacial score (nSPS) is 12.1. The van der Waals surface area contributed by atoms with Gasteiger partial charge >= 0.3 is 6.18 Å². The monoisotopic (exact) mass is 452 g/mol. The summed E-state index contributed by atoms with van der Waals surface area (Å²) in [7, 11) is 1.48. The number of methoxy groups -OCH3 is 1. The maximum Gasteiger partial charge on any atom is 0.433 e. The van der Waals surface area contributed by atoms with Crippen LogP contribution >= 0.6 is 0 Å². The van der Waals surface area contributed by atoms with Gasteiger partial charge in [0, 0.05) is 11.5 Å². The smallest absolute Gasteiger partial charge is 0.433 e. The zero-order valence-electron chi connectivity index (χ0n) is 17.9. The molecule has 0 fully saturated rings. The number of aliphatic hydroxyl groups is 1. The summed E-state index contributed by atoms with van der Waals surface area (Å²) in [5, 5.41) is 13.5. The van der Waals surface area contributed by atoms with Crippen LogP contribution < -0.4 is 20.5 Å². The zero-order valence-corrected chi connectivity index (χ0v) is 17.9. The molecule has 4 N–H and O–H groups in total. The Balaban J connectivity index is 1.97. The minimum Gasteiger partial charge on any atom is -0.493 e. The lowest BCUT2D eigenvalue weighted by Crippen LogP contribution is -2.28. The first kappa shape index (κ1) is 23.3. The van der Waals surface area contributed by atoms with Crippen LogP contribution in [-0.4, -0.2) is 44.4 Å². The van der Waals surface area contributed by atoms with Crippen molar-refractivity contribution >= 4 is 22.7 Å². The van der Waals surface area contributed by atoms with Gasteiger partial charge < -0.3 is 25.6 Å². The summed E-state index contributed by atoms with van der Waals surface area (Å²) in [5.41, 5.74) is 3.81. The summed E-state index contributed by atoms with van der Waals surface area (Å²) in [6.07, 6.45) is -4.65. The van der Waals surface area contributed by atoms with E-state index in [2.05, 4.69) is 25.3 Å². The first-order chi connectivity index (χ1) is 14.9. The molecule has 3 aromatic rings. The number of nitrogens with two attached hydrogens (primary N) is 1. The molecule has 1 aromatic carbocycles. The molecule has 12 heteroatoms. The average molecular weight is 452 g/mol. The van der Waals surface area contributed by atoms with Crippen molar-refractivity contribution in [3.63, 3.8) is 0 Å². The molecule has 0 atom stereocenters. The number of halogens is 3. The predicted octanol–water partition coefficient (Wildman–Crippen LogP) is 3.10. The van der Waals surface area contributed by atoms with Crippen LogP contribution in [0.15, 0.2) is 18.2 Å². The number of rotatable bonds is 7. The third-order valence-corrected chi connectivity index (χ3v) is 4.20. The fraction of sp³-hybridized carbons (Fsp3) is 0.400. The van der Waals surface area contributed by atoms with Crippen molar-refractivity contribution in [1.29, 1.82) is 0 Å². The molecule has 0 aliphatic heterocycles. The van der Waals surface area contributed by atoms with E-state index in [1.807, 2.05) is 0 Å². The zero-order chi connectivity index (χ0) is 23.7. The number of hydrogen-bond donors (Lipinski definition) is 3. The van der Waals surface area contributed by atoms with E-state index in [1.54, 1.807) is 32.9 Å². The first-order valence-corrected chi connectivity index (χ1v) is 9.52. The van der Waals surface area contributed by atoms with Crippen molar-refractivity contribution in [3.8, 4) is 11.5 Å². The molecule has 2 aromatic heterocycles. The van der Waals surface area contributed by atoms with Crippen LogP contribution in [0.2, 0.25) is 0 Å². The second-order valence-electron chi connectivity index (χ2n) is 7.69. The molecule has 0 aliphatic rings. The topological polar surface area (TPSA) is 128 Å². The van der Waals surface area contributed by atoms with Crippen LogP contribution in [0.5, 0.6) is 11.5 Å². The highest BCUT2D eigenvalue weighted by atomic mass is 19.4. The highest BCUT2D eigenvalue weighted by Gasteiger charge is 2.33. The fourth-order valence-corrected chi connectivity index (χ4v) is 2.84. The van der Waals surface area contributed by atoms with E-state index in [1.165, 1.54) is 7.11 Å². The van der Waals surface area contributed by atoms with Crippen molar-refractivity contribution in [2.75, 3.05) is 24.8 Å². The van der Waals surface area contributed by atoms with Gasteiger partial charge in [-0.15, -0.1) is 0 Å². The van der Waals surface area contributed by atoms with Crippen LogP contribution in [0.3, 0.4) is 0 Å². The molecular formula is C20H23F3N6O3. The van der Waals surface area contributed by atoms with E-state index in [9.17, 15) is 18.3 Å². The standard InChI is InChI=1S/C20H23F3N6O3/c1-10-26-13-7-14(31-4)15(32-9-19(2,3)30)6-12(13)17(27-10)25-8-11-5-16(20(21,22)23)29-18(24)28-11/h5-7,30H,8-9H2,1-4H3,(H2,24,28,29)(H,25,26,27). The summed E-state index contributed by atoms with van der Waals surface area (Å²) < 4.78 is 50.1. The number of nitrogen functional groups attached to an aromatic ring is 1. The molecule has 0 unspecified atom stereocenters. The number of alkyl halides is 3. The number of anilines is 2. The summed E-state index contributed by atoms with van der Waals surface area (Å²) in [5.74, 6) is 1.07. The maximum absolute atomic E-state index is 13.0. The number of ether oxygens (including phenoxy) is 2. The summed E-state index contributed by atoms with van der Waals surface area (Å²) in [6.45, 7) is 4.80. The van der Waals surface area contributed by atoms with Gasteiger partial charge in [-0.1, -0.05) is 0 Å². The summed E-state index contributed by atoms with van der Waals surface area (Å²) in [6, 6.07) is 4.11. The second kappa shape index (κ2) is 8.61. The molecule has 0 spiro atoms. The SMILES string of the molecule is COc1cc2nc(C)nc(NCc3cc(C(F)(F)F)nc(N)n3)c2cc1OCC(C)(C)O. The largest absolute Gasteiger partial charge is 0.493 e. The number of nitrogens with zero attached hydrogens (tertiary/aromatic N) is 4. The average Bonchev–Trinajstić information content (AvgIpc) is 2.68. The Morgan fingerprint density at radius 3 is 2.41 bits per heavy atom. The minimum atomic E-state index is -4.65. The van der Waals surface area contributed by atoms with Gasteiger partial charge in [-0.3, -0.25) is 0 Å². The van der Waals surface area contributed by atoms with Crippen molar-refractivity contribution in [3.05, 3.63) is 35.4 Å². The number of fused-ring (bicyclic) bond motifs is 1. The quantitative estimate of drug-likeness (QED) is 0.495. The predicted molar refractivity (Wildman–Crippen MR) is 111 cm³/mol. The lowest BCUT2D eigenvalue weighted by atomic mass is 10.1. The Morgan fingerprint density at radius 2 is 1.78 bits per heavy atom. The van der Waals surface area contributed by atoms with Gasteiger partial charge in [0.25, 0.3) is 0 Å².